The highest BCUT2D eigenvalue weighted by Crippen LogP contribution is 2.05. The summed E-state index contributed by atoms with van der Waals surface area (Å²) >= 11 is 0. The Balaban J connectivity index is 1.92. The van der Waals surface area contributed by atoms with Gasteiger partial charge in [0.25, 0.3) is 0 Å². The fourth-order valence-corrected chi connectivity index (χ4v) is 1.60. The molecule has 1 N–H and O–H groups in total. The van der Waals surface area contributed by atoms with E-state index in [1.54, 1.807) is 6.20 Å². The minimum Gasteiger partial charge on any atom is -0.304 e. The van der Waals surface area contributed by atoms with Gasteiger partial charge in [0.2, 0.25) is 0 Å². The Labute approximate surface area is 90.1 Å². The maximum atomic E-state index is 4.31. The Hall–Kier alpha value is -1.20. The van der Waals surface area contributed by atoms with Crippen LogP contribution in [-0.2, 0) is 0 Å². The molecule has 0 atom stereocenters. The van der Waals surface area contributed by atoms with E-state index in [1.807, 2.05) is 13.0 Å². The van der Waals surface area contributed by atoms with Crippen LogP contribution in [0.15, 0.2) is 12.3 Å². The highest BCUT2D eigenvalue weighted by atomic mass is 15.5. The Morgan fingerprint density at radius 3 is 2.67 bits per heavy atom. The van der Waals surface area contributed by atoms with Gasteiger partial charge in [-0.2, -0.15) is 0 Å². The first kappa shape index (κ1) is 10.3. The van der Waals surface area contributed by atoms with E-state index in [0.29, 0.717) is 0 Å². The number of nitrogens with zero attached hydrogens (tertiary/aromatic N) is 4. The molecule has 0 spiro atoms. The van der Waals surface area contributed by atoms with E-state index in [-0.39, 0.29) is 0 Å². The summed E-state index contributed by atoms with van der Waals surface area (Å²) in [7, 11) is 2.15. The number of nitrogens with one attached hydrogen (secondary N) is 1. The lowest BCUT2D eigenvalue weighted by molar-refractivity contribution is 0.178. The molecular formula is C10H17N5. The van der Waals surface area contributed by atoms with Crippen molar-refractivity contribution in [1.82, 2.24) is 19.9 Å². The fraction of sp³-hybridized carbons (Fsp3) is 0.600. The summed E-state index contributed by atoms with van der Waals surface area (Å²) in [5.41, 5.74) is 3.30. The number of aromatic nitrogens is 2. The third kappa shape index (κ3) is 2.87. The number of aryl methyl sites for hydroxylation is 1. The third-order valence-electron chi connectivity index (χ3n) is 2.55. The molecule has 82 valence electrons. The lowest BCUT2D eigenvalue weighted by Crippen LogP contribution is -2.47. The molecule has 1 saturated heterocycles. The maximum Gasteiger partial charge on any atom is 0.144 e. The van der Waals surface area contributed by atoms with Gasteiger partial charge in [-0.05, 0) is 14.0 Å². The average Bonchev–Trinajstić information content (AvgIpc) is 2.22. The van der Waals surface area contributed by atoms with Gasteiger partial charge in [-0.15, -0.1) is 0 Å². The van der Waals surface area contributed by atoms with Crippen LogP contribution in [-0.4, -0.2) is 53.1 Å². The summed E-state index contributed by atoms with van der Waals surface area (Å²) in [5, 5.41) is 2.20. The number of hydrogen-bond donors (Lipinski definition) is 1. The van der Waals surface area contributed by atoms with Gasteiger partial charge in [0, 0.05) is 38.4 Å². The van der Waals surface area contributed by atoms with Crippen LogP contribution in [0.2, 0.25) is 0 Å². The second-order valence-electron chi connectivity index (χ2n) is 3.89. The zero-order valence-electron chi connectivity index (χ0n) is 9.27. The van der Waals surface area contributed by atoms with Gasteiger partial charge in [0.05, 0.1) is 0 Å². The van der Waals surface area contributed by atoms with Crippen molar-refractivity contribution in [2.75, 3.05) is 38.7 Å². The largest absolute Gasteiger partial charge is 0.304 e. The second kappa shape index (κ2) is 4.55. The molecular weight excluding hydrogens is 190 g/mol. The van der Waals surface area contributed by atoms with Gasteiger partial charge >= 0.3 is 0 Å². The van der Waals surface area contributed by atoms with Crippen LogP contribution in [0.4, 0.5) is 5.82 Å². The molecule has 2 rings (SSSR count). The van der Waals surface area contributed by atoms with Gasteiger partial charge in [-0.1, -0.05) is 0 Å². The molecule has 1 aromatic heterocycles. The molecule has 0 unspecified atom stereocenters. The van der Waals surface area contributed by atoms with Crippen molar-refractivity contribution in [1.29, 1.82) is 0 Å². The minimum atomic E-state index is 0.800. The Bertz CT molecular complexity index is 319. The third-order valence-corrected chi connectivity index (χ3v) is 2.55. The zero-order valence-corrected chi connectivity index (χ0v) is 9.27. The Morgan fingerprint density at radius 1 is 1.27 bits per heavy atom. The van der Waals surface area contributed by atoms with E-state index in [0.717, 1.165) is 37.8 Å². The number of rotatable bonds is 2. The topological polar surface area (TPSA) is 44.3 Å². The quantitative estimate of drug-likeness (QED) is 0.758. The Kier molecular flexibility index (Phi) is 3.13. The van der Waals surface area contributed by atoms with Gasteiger partial charge in [0.15, 0.2) is 0 Å². The van der Waals surface area contributed by atoms with Crippen LogP contribution in [0.1, 0.15) is 5.82 Å². The first-order valence-corrected chi connectivity index (χ1v) is 5.24. The number of piperazine rings is 1. The van der Waals surface area contributed by atoms with Crippen LogP contribution < -0.4 is 5.43 Å². The normalized spacial score (nSPS) is 19.1. The highest BCUT2D eigenvalue weighted by Gasteiger charge is 2.13. The summed E-state index contributed by atoms with van der Waals surface area (Å²) in [6, 6.07) is 1.89. The van der Waals surface area contributed by atoms with Gasteiger partial charge in [-0.25, -0.2) is 15.0 Å². The molecule has 1 aromatic rings. The molecule has 0 aromatic carbocycles. The van der Waals surface area contributed by atoms with Gasteiger partial charge in [-0.3, -0.25) is 0 Å². The fourth-order valence-electron chi connectivity index (χ4n) is 1.60. The molecule has 0 bridgehead atoms. The smallest absolute Gasteiger partial charge is 0.144 e. The van der Waals surface area contributed by atoms with Crippen molar-refractivity contribution in [2.24, 2.45) is 0 Å². The summed E-state index contributed by atoms with van der Waals surface area (Å²) in [4.78, 5) is 10.7. The molecule has 0 radical (unpaired) electrons. The number of anilines is 1. The summed E-state index contributed by atoms with van der Waals surface area (Å²) in [6.07, 6.45) is 1.78. The molecule has 5 heteroatoms. The van der Waals surface area contributed by atoms with Crippen LogP contribution in [0.3, 0.4) is 0 Å². The monoisotopic (exact) mass is 207 g/mol. The van der Waals surface area contributed by atoms with Gasteiger partial charge in [0.1, 0.15) is 11.6 Å². The molecule has 5 nitrogen and oxygen atoms in total. The molecule has 0 aliphatic carbocycles. The highest BCUT2D eigenvalue weighted by molar-refractivity contribution is 5.31. The molecule has 0 saturated carbocycles. The van der Waals surface area contributed by atoms with Crippen molar-refractivity contribution < 1.29 is 0 Å². The molecule has 15 heavy (non-hydrogen) atoms. The maximum absolute atomic E-state index is 4.31. The number of hydrogen-bond acceptors (Lipinski definition) is 5. The van der Waals surface area contributed by atoms with Crippen LogP contribution in [0.5, 0.6) is 0 Å². The van der Waals surface area contributed by atoms with Gasteiger partial charge < -0.3 is 10.3 Å². The standard InChI is InChI=1S/C10H17N5/c1-9-11-4-3-10(12-9)13-15-7-5-14(2)6-8-15/h3-4H,5-8H2,1-2H3,(H,11,12,13). The molecule has 2 heterocycles. The summed E-state index contributed by atoms with van der Waals surface area (Å²) in [5.74, 6) is 1.68. The first-order chi connectivity index (χ1) is 7.24. The lowest BCUT2D eigenvalue weighted by Gasteiger charge is -2.32. The van der Waals surface area contributed by atoms with Crippen molar-refractivity contribution in [2.45, 2.75) is 6.92 Å². The number of likely N-dealkylation sites (N-methyl/N-ethyl adjacent to an activating group) is 1. The molecule has 1 aliphatic rings. The van der Waals surface area contributed by atoms with E-state index in [4.69, 9.17) is 0 Å². The van der Waals surface area contributed by atoms with E-state index in [9.17, 15) is 0 Å². The predicted molar refractivity (Wildman–Crippen MR) is 59.5 cm³/mol. The van der Waals surface area contributed by atoms with E-state index >= 15 is 0 Å². The summed E-state index contributed by atoms with van der Waals surface area (Å²) < 4.78 is 0. The van der Waals surface area contributed by atoms with Crippen LogP contribution in [0.25, 0.3) is 0 Å². The minimum absolute atomic E-state index is 0.800. The molecule has 1 aliphatic heterocycles. The van der Waals surface area contributed by atoms with Crippen molar-refractivity contribution in [3.05, 3.63) is 18.1 Å². The lowest BCUT2D eigenvalue weighted by atomic mass is 10.4. The van der Waals surface area contributed by atoms with Crippen molar-refractivity contribution in [3.8, 4) is 0 Å². The van der Waals surface area contributed by atoms with E-state index in [1.165, 1.54) is 0 Å². The average molecular weight is 207 g/mol. The summed E-state index contributed by atoms with van der Waals surface area (Å²) in [6.45, 7) is 6.14. The van der Waals surface area contributed by atoms with Crippen LogP contribution in [0, 0.1) is 6.92 Å². The van der Waals surface area contributed by atoms with E-state index < -0.39 is 0 Å². The Morgan fingerprint density at radius 2 is 2.00 bits per heavy atom. The van der Waals surface area contributed by atoms with Crippen molar-refractivity contribution >= 4 is 5.82 Å². The molecule has 1 fully saturated rings. The SMILES string of the molecule is Cc1nccc(NN2CCN(C)CC2)n1. The second-order valence-corrected chi connectivity index (χ2v) is 3.89. The van der Waals surface area contributed by atoms with E-state index in [2.05, 4.69) is 32.4 Å². The predicted octanol–water partition coefficient (Wildman–Crippen LogP) is 0.359. The van der Waals surface area contributed by atoms with Crippen molar-refractivity contribution in [3.63, 3.8) is 0 Å². The van der Waals surface area contributed by atoms with Crippen LogP contribution >= 0.6 is 0 Å². The first-order valence-electron chi connectivity index (χ1n) is 5.24. The number of hydrazine groups is 1. The zero-order chi connectivity index (χ0) is 10.7. The molecule has 0 amide bonds.